The van der Waals surface area contributed by atoms with Gasteiger partial charge in [0.1, 0.15) is 12.4 Å². The quantitative estimate of drug-likeness (QED) is 0.701. The largest absolute Gasteiger partial charge is 0.472 e. The zero-order valence-corrected chi connectivity index (χ0v) is 15.0. The Labute approximate surface area is 161 Å². The molecule has 0 spiro atoms. The van der Waals surface area contributed by atoms with E-state index in [9.17, 15) is 9.18 Å². The van der Waals surface area contributed by atoms with Crippen molar-refractivity contribution >= 4 is 5.91 Å². The minimum atomic E-state index is -0.425. The van der Waals surface area contributed by atoms with Gasteiger partial charge in [0, 0.05) is 18.2 Å². The molecule has 0 saturated carbocycles. The van der Waals surface area contributed by atoms with Crippen molar-refractivity contribution in [2.24, 2.45) is 0 Å². The minimum Gasteiger partial charge on any atom is -0.472 e. The SMILES string of the molecule is N#Cc1ccc(COc2cc3n(n2)CCN(C(=O)c2cccc(F)c2)C3)cc1. The average molecular weight is 376 g/mol. The van der Waals surface area contributed by atoms with Crippen LogP contribution in [0.4, 0.5) is 4.39 Å². The molecule has 1 amide bonds. The molecule has 1 aliphatic heterocycles. The number of benzene rings is 2. The van der Waals surface area contributed by atoms with Crippen LogP contribution in [0.15, 0.2) is 54.6 Å². The first kappa shape index (κ1) is 17.7. The summed E-state index contributed by atoms with van der Waals surface area (Å²) in [6, 6.07) is 16.8. The van der Waals surface area contributed by atoms with Crippen molar-refractivity contribution in [2.45, 2.75) is 19.7 Å². The first-order valence-corrected chi connectivity index (χ1v) is 8.86. The number of rotatable bonds is 4. The molecular weight excluding hydrogens is 359 g/mol. The number of carbonyl (C=O) groups excluding carboxylic acids is 1. The molecule has 0 saturated heterocycles. The van der Waals surface area contributed by atoms with E-state index in [2.05, 4.69) is 11.2 Å². The molecule has 0 atom stereocenters. The molecule has 2 aromatic carbocycles. The van der Waals surface area contributed by atoms with Gasteiger partial charge in [0.25, 0.3) is 5.91 Å². The second kappa shape index (κ2) is 7.53. The molecule has 0 fully saturated rings. The number of carbonyl (C=O) groups is 1. The van der Waals surface area contributed by atoms with E-state index in [1.54, 1.807) is 23.1 Å². The number of nitriles is 1. The van der Waals surface area contributed by atoms with Crippen LogP contribution in [0.1, 0.15) is 27.2 Å². The fourth-order valence-electron chi connectivity index (χ4n) is 3.12. The van der Waals surface area contributed by atoms with Crippen molar-refractivity contribution in [1.82, 2.24) is 14.7 Å². The molecule has 2 heterocycles. The molecule has 0 bridgehead atoms. The van der Waals surface area contributed by atoms with Crippen molar-refractivity contribution in [1.29, 1.82) is 5.26 Å². The first-order valence-electron chi connectivity index (χ1n) is 8.86. The third-order valence-electron chi connectivity index (χ3n) is 4.60. The van der Waals surface area contributed by atoms with Crippen molar-refractivity contribution in [3.05, 3.63) is 82.8 Å². The van der Waals surface area contributed by atoms with Crippen molar-refractivity contribution in [3.8, 4) is 11.9 Å². The van der Waals surface area contributed by atoms with E-state index in [0.717, 1.165) is 11.3 Å². The van der Waals surface area contributed by atoms with Crippen molar-refractivity contribution in [3.63, 3.8) is 0 Å². The summed E-state index contributed by atoms with van der Waals surface area (Å²) in [5, 5.41) is 13.3. The summed E-state index contributed by atoms with van der Waals surface area (Å²) in [7, 11) is 0. The Morgan fingerprint density at radius 3 is 2.75 bits per heavy atom. The molecule has 0 aliphatic carbocycles. The number of ether oxygens (including phenoxy) is 1. The van der Waals surface area contributed by atoms with Crippen LogP contribution in [-0.2, 0) is 19.7 Å². The Hall–Kier alpha value is -3.66. The van der Waals surface area contributed by atoms with Gasteiger partial charge in [0.05, 0.1) is 30.4 Å². The Bertz CT molecular complexity index is 1050. The van der Waals surface area contributed by atoms with E-state index in [0.29, 0.717) is 43.2 Å². The van der Waals surface area contributed by atoms with Gasteiger partial charge in [-0.3, -0.25) is 9.48 Å². The van der Waals surface area contributed by atoms with Gasteiger partial charge in [0.2, 0.25) is 5.88 Å². The highest BCUT2D eigenvalue weighted by Gasteiger charge is 2.24. The molecule has 0 unspecified atom stereocenters. The van der Waals surface area contributed by atoms with E-state index in [-0.39, 0.29) is 5.91 Å². The maximum Gasteiger partial charge on any atom is 0.254 e. The van der Waals surface area contributed by atoms with Gasteiger partial charge in [0.15, 0.2) is 0 Å². The molecule has 0 radical (unpaired) electrons. The predicted molar refractivity (Wildman–Crippen MR) is 98.9 cm³/mol. The number of nitrogens with zero attached hydrogens (tertiary/aromatic N) is 4. The third kappa shape index (κ3) is 3.71. The van der Waals surface area contributed by atoms with E-state index in [1.807, 2.05) is 22.9 Å². The number of aromatic nitrogens is 2. The molecule has 3 aromatic rings. The summed E-state index contributed by atoms with van der Waals surface area (Å²) in [5.74, 6) is -0.141. The Morgan fingerprint density at radius 1 is 1.18 bits per heavy atom. The summed E-state index contributed by atoms with van der Waals surface area (Å²) in [6.45, 7) is 1.78. The van der Waals surface area contributed by atoms with E-state index in [1.165, 1.54) is 18.2 Å². The minimum absolute atomic E-state index is 0.202. The number of hydrogen-bond acceptors (Lipinski definition) is 4. The molecule has 6 nitrogen and oxygen atoms in total. The number of amides is 1. The van der Waals surface area contributed by atoms with Crippen LogP contribution in [-0.4, -0.2) is 27.1 Å². The van der Waals surface area contributed by atoms with Gasteiger partial charge in [-0.1, -0.05) is 18.2 Å². The second-order valence-corrected chi connectivity index (χ2v) is 6.53. The lowest BCUT2D eigenvalue weighted by atomic mass is 10.1. The lowest BCUT2D eigenvalue weighted by molar-refractivity contribution is 0.0705. The van der Waals surface area contributed by atoms with Crippen LogP contribution >= 0.6 is 0 Å². The normalized spacial score (nSPS) is 12.9. The molecular formula is C21H17FN4O2. The molecule has 1 aliphatic rings. The average Bonchev–Trinajstić information content (AvgIpc) is 3.14. The van der Waals surface area contributed by atoms with E-state index >= 15 is 0 Å². The van der Waals surface area contributed by atoms with Gasteiger partial charge in [-0.25, -0.2) is 4.39 Å². The van der Waals surface area contributed by atoms with E-state index < -0.39 is 5.82 Å². The number of halogens is 1. The van der Waals surface area contributed by atoms with Crippen LogP contribution in [0.5, 0.6) is 5.88 Å². The highest BCUT2D eigenvalue weighted by atomic mass is 19.1. The van der Waals surface area contributed by atoms with Crippen LogP contribution in [0, 0.1) is 17.1 Å². The maximum atomic E-state index is 13.4. The molecule has 7 heteroatoms. The number of fused-ring (bicyclic) bond motifs is 1. The lowest BCUT2D eigenvalue weighted by Gasteiger charge is -2.27. The van der Waals surface area contributed by atoms with Crippen molar-refractivity contribution in [2.75, 3.05) is 6.54 Å². The topological polar surface area (TPSA) is 71.2 Å². The second-order valence-electron chi connectivity index (χ2n) is 6.53. The van der Waals surface area contributed by atoms with Crippen LogP contribution < -0.4 is 4.74 Å². The summed E-state index contributed by atoms with van der Waals surface area (Å²) in [6.07, 6.45) is 0. The smallest absolute Gasteiger partial charge is 0.254 e. The van der Waals surface area contributed by atoms with Crippen LogP contribution in [0.3, 0.4) is 0 Å². The Kier molecular flexibility index (Phi) is 4.77. The molecule has 0 N–H and O–H groups in total. The lowest BCUT2D eigenvalue weighted by Crippen LogP contribution is -2.38. The number of hydrogen-bond donors (Lipinski definition) is 0. The third-order valence-corrected chi connectivity index (χ3v) is 4.60. The summed E-state index contributed by atoms with van der Waals surface area (Å²) in [5.41, 5.74) is 2.74. The summed E-state index contributed by atoms with van der Waals surface area (Å²) < 4.78 is 21.0. The monoisotopic (exact) mass is 376 g/mol. The zero-order chi connectivity index (χ0) is 19.5. The first-order chi connectivity index (χ1) is 13.6. The standard InChI is InChI=1S/C21H17FN4O2/c22-18-3-1-2-17(10-18)21(27)25-8-9-26-19(13-25)11-20(24-26)28-14-16-6-4-15(12-23)5-7-16/h1-7,10-11H,8-9,13-14H2. The van der Waals surface area contributed by atoms with Gasteiger partial charge in [-0.2, -0.15) is 5.26 Å². The summed E-state index contributed by atoms with van der Waals surface area (Å²) in [4.78, 5) is 14.3. The molecule has 140 valence electrons. The van der Waals surface area contributed by atoms with Gasteiger partial charge < -0.3 is 9.64 Å². The van der Waals surface area contributed by atoms with Gasteiger partial charge in [-0.05, 0) is 35.9 Å². The van der Waals surface area contributed by atoms with Crippen molar-refractivity contribution < 1.29 is 13.9 Å². The predicted octanol–water partition coefficient (Wildman–Crippen LogP) is 3.13. The molecule has 1 aromatic heterocycles. The highest BCUT2D eigenvalue weighted by molar-refractivity contribution is 5.94. The van der Waals surface area contributed by atoms with Crippen LogP contribution in [0.25, 0.3) is 0 Å². The fraction of sp³-hybridized carbons (Fsp3) is 0.190. The van der Waals surface area contributed by atoms with Gasteiger partial charge >= 0.3 is 0 Å². The maximum absolute atomic E-state index is 13.4. The Morgan fingerprint density at radius 2 is 2.00 bits per heavy atom. The fourth-order valence-corrected chi connectivity index (χ4v) is 3.12. The van der Waals surface area contributed by atoms with E-state index in [4.69, 9.17) is 10.00 Å². The zero-order valence-electron chi connectivity index (χ0n) is 15.0. The highest BCUT2D eigenvalue weighted by Crippen LogP contribution is 2.21. The molecule has 4 rings (SSSR count). The van der Waals surface area contributed by atoms with Gasteiger partial charge in [-0.15, -0.1) is 5.10 Å². The summed E-state index contributed by atoms with van der Waals surface area (Å²) >= 11 is 0. The molecule has 28 heavy (non-hydrogen) atoms. The Balaban J connectivity index is 1.41. The van der Waals surface area contributed by atoms with Crippen LogP contribution in [0.2, 0.25) is 0 Å².